The van der Waals surface area contributed by atoms with Crippen molar-refractivity contribution in [2.75, 3.05) is 5.73 Å². The van der Waals surface area contributed by atoms with Crippen LogP contribution in [0.3, 0.4) is 0 Å². The molecule has 0 atom stereocenters. The monoisotopic (exact) mass is 183 g/mol. The van der Waals surface area contributed by atoms with Gasteiger partial charge in [0.25, 0.3) is 0 Å². The van der Waals surface area contributed by atoms with Crippen LogP contribution in [0.4, 0.5) is 5.69 Å². The molecule has 0 aromatic heterocycles. The molecule has 0 heterocycles. The summed E-state index contributed by atoms with van der Waals surface area (Å²) in [6.45, 7) is 0. The third kappa shape index (κ3) is 1.89. The molecule has 0 spiro atoms. The summed E-state index contributed by atoms with van der Waals surface area (Å²) >= 11 is 0. The van der Waals surface area contributed by atoms with Crippen molar-refractivity contribution < 1.29 is 52.8 Å². The molecule has 0 bridgehead atoms. The Morgan fingerprint density at radius 2 is 1.58 bits per heavy atom. The van der Waals surface area contributed by atoms with E-state index in [0.29, 0.717) is 0 Å². The van der Waals surface area contributed by atoms with Crippen molar-refractivity contribution in [3.8, 4) is 0 Å². The van der Waals surface area contributed by atoms with E-state index in [0.717, 1.165) is 11.1 Å². The van der Waals surface area contributed by atoms with Crippen molar-refractivity contribution in [3.05, 3.63) is 42.5 Å². The van der Waals surface area contributed by atoms with Gasteiger partial charge in [-0.1, -0.05) is 36.4 Å². The van der Waals surface area contributed by atoms with Crippen molar-refractivity contribution in [2.24, 2.45) is 0 Å². The Balaban J connectivity index is 0.000000720. The second kappa shape index (κ2) is 4.39. The first-order valence-corrected chi connectivity index (χ1v) is 3.61. The molecule has 2 aromatic rings. The van der Waals surface area contributed by atoms with Gasteiger partial charge < -0.3 is 7.16 Å². The molecule has 2 rings (SSSR count). The Hall–Kier alpha value is 0.136. The first-order valence-electron chi connectivity index (χ1n) is 3.61. The standard InChI is InChI=1S/C10H9N.K.H/c11-10-7-3-5-8-4-1-2-6-9(8)10;;/h1-7H,11H2;;/q;+1;-1. The van der Waals surface area contributed by atoms with Crippen LogP contribution in [0, 0.1) is 0 Å². The van der Waals surface area contributed by atoms with E-state index in [4.69, 9.17) is 5.73 Å². The van der Waals surface area contributed by atoms with Crippen LogP contribution >= 0.6 is 0 Å². The van der Waals surface area contributed by atoms with E-state index in [1.165, 1.54) is 5.39 Å². The summed E-state index contributed by atoms with van der Waals surface area (Å²) in [6, 6.07) is 14.1. The minimum Gasteiger partial charge on any atom is -1.00 e. The van der Waals surface area contributed by atoms with Gasteiger partial charge in [-0.2, -0.15) is 0 Å². The molecule has 0 saturated heterocycles. The summed E-state index contributed by atoms with van der Waals surface area (Å²) in [5.41, 5.74) is 6.61. The van der Waals surface area contributed by atoms with Gasteiger partial charge in [0, 0.05) is 11.1 Å². The average Bonchev–Trinajstić information content (AvgIpc) is 2.06. The van der Waals surface area contributed by atoms with Crippen LogP contribution in [0.1, 0.15) is 1.43 Å². The molecule has 56 valence electrons. The van der Waals surface area contributed by atoms with Crippen molar-refractivity contribution >= 4 is 16.5 Å². The van der Waals surface area contributed by atoms with E-state index >= 15 is 0 Å². The largest absolute Gasteiger partial charge is 1.00 e. The van der Waals surface area contributed by atoms with E-state index in [-0.39, 0.29) is 52.8 Å². The van der Waals surface area contributed by atoms with E-state index in [1.54, 1.807) is 0 Å². The van der Waals surface area contributed by atoms with Crippen molar-refractivity contribution in [3.63, 3.8) is 0 Å². The number of anilines is 1. The number of fused-ring (bicyclic) bond motifs is 1. The van der Waals surface area contributed by atoms with Crippen molar-refractivity contribution in [1.82, 2.24) is 0 Å². The van der Waals surface area contributed by atoms with Gasteiger partial charge in [0.05, 0.1) is 0 Å². The molecule has 12 heavy (non-hydrogen) atoms. The van der Waals surface area contributed by atoms with Crippen molar-refractivity contribution in [2.45, 2.75) is 0 Å². The van der Waals surface area contributed by atoms with Crippen LogP contribution in [0.15, 0.2) is 42.5 Å². The smallest absolute Gasteiger partial charge is 1.00 e. The minimum absolute atomic E-state index is 0. The van der Waals surface area contributed by atoms with Gasteiger partial charge >= 0.3 is 51.4 Å². The van der Waals surface area contributed by atoms with Gasteiger partial charge in [-0.05, 0) is 11.5 Å². The zero-order valence-electron chi connectivity index (χ0n) is 8.12. The summed E-state index contributed by atoms with van der Waals surface area (Å²) in [4.78, 5) is 0. The summed E-state index contributed by atoms with van der Waals surface area (Å²) in [5.74, 6) is 0. The molecular weight excluding hydrogens is 173 g/mol. The molecule has 0 saturated carbocycles. The molecular formula is C10H10KN. The van der Waals surface area contributed by atoms with Gasteiger partial charge in [0.1, 0.15) is 0 Å². The van der Waals surface area contributed by atoms with Gasteiger partial charge in [-0.3, -0.25) is 0 Å². The Bertz CT molecular complexity index is 384. The second-order valence-corrected chi connectivity index (χ2v) is 2.57. The maximum absolute atomic E-state index is 5.76. The van der Waals surface area contributed by atoms with Gasteiger partial charge in [-0.25, -0.2) is 0 Å². The Morgan fingerprint density at radius 1 is 0.917 bits per heavy atom. The van der Waals surface area contributed by atoms with Crippen molar-refractivity contribution in [1.29, 1.82) is 0 Å². The quantitative estimate of drug-likeness (QED) is 0.434. The summed E-state index contributed by atoms with van der Waals surface area (Å²) < 4.78 is 0. The Labute approximate surface area is 116 Å². The molecule has 2 N–H and O–H groups in total. The maximum atomic E-state index is 5.76. The Kier molecular flexibility index (Phi) is 3.74. The van der Waals surface area contributed by atoms with E-state index in [9.17, 15) is 0 Å². The second-order valence-electron chi connectivity index (χ2n) is 2.57. The zero-order valence-corrected chi connectivity index (χ0v) is 10.2. The van der Waals surface area contributed by atoms with Crippen LogP contribution in [0.2, 0.25) is 0 Å². The molecule has 0 aliphatic heterocycles. The van der Waals surface area contributed by atoms with Crippen LogP contribution in [-0.4, -0.2) is 0 Å². The van der Waals surface area contributed by atoms with Gasteiger partial charge in [0.2, 0.25) is 0 Å². The zero-order chi connectivity index (χ0) is 7.68. The summed E-state index contributed by atoms with van der Waals surface area (Å²) in [6.07, 6.45) is 0. The Morgan fingerprint density at radius 3 is 2.33 bits per heavy atom. The van der Waals surface area contributed by atoms with E-state index in [1.807, 2.05) is 30.3 Å². The van der Waals surface area contributed by atoms with Crippen LogP contribution in [0.25, 0.3) is 10.8 Å². The predicted octanol–water partition coefficient (Wildman–Crippen LogP) is -0.462. The molecule has 0 aliphatic rings. The van der Waals surface area contributed by atoms with Crippen LogP contribution < -0.4 is 57.1 Å². The topological polar surface area (TPSA) is 26.0 Å². The average molecular weight is 183 g/mol. The molecule has 2 aromatic carbocycles. The first kappa shape index (κ1) is 10.2. The predicted molar refractivity (Wildman–Crippen MR) is 49.5 cm³/mol. The fourth-order valence-electron chi connectivity index (χ4n) is 1.25. The fraction of sp³-hybridized carbons (Fsp3) is 0. The SMILES string of the molecule is Nc1cccc2ccccc12.[H-].[K+]. The summed E-state index contributed by atoms with van der Waals surface area (Å²) in [5, 5.41) is 2.34. The molecule has 0 aliphatic carbocycles. The molecule has 0 fully saturated rings. The molecule has 0 amide bonds. The number of rotatable bonds is 0. The van der Waals surface area contributed by atoms with Crippen LogP contribution in [-0.2, 0) is 0 Å². The minimum atomic E-state index is 0. The van der Waals surface area contributed by atoms with Gasteiger partial charge in [0.15, 0.2) is 0 Å². The van der Waals surface area contributed by atoms with Crippen LogP contribution in [0.5, 0.6) is 0 Å². The number of hydrogen-bond acceptors (Lipinski definition) is 1. The number of benzene rings is 2. The third-order valence-corrected chi connectivity index (χ3v) is 1.82. The van der Waals surface area contributed by atoms with E-state index < -0.39 is 0 Å². The molecule has 2 heteroatoms. The normalized spacial score (nSPS) is 9.33. The fourth-order valence-corrected chi connectivity index (χ4v) is 1.25. The molecule has 1 nitrogen and oxygen atoms in total. The maximum Gasteiger partial charge on any atom is 1.00 e. The van der Waals surface area contributed by atoms with E-state index in [2.05, 4.69) is 12.1 Å². The summed E-state index contributed by atoms with van der Waals surface area (Å²) in [7, 11) is 0. The number of nitrogen functional groups attached to an aromatic ring is 1. The first-order chi connectivity index (χ1) is 5.38. The molecule has 0 radical (unpaired) electrons. The number of nitrogens with two attached hydrogens (primary N) is 1. The number of hydrogen-bond donors (Lipinski definition) is 1. The molecule has 0 unspecified atom stereocenters. The van der Waals surface area contributed by atoms with Gasteiger partial charge in [-0.15, -0.1) is 0 Å². The third-order valence-electron chi connectivity index (χ3n) is 1.82.